The van der Waals surface area contributed by atoms with Crippen molar-refractivity contribution >= 4 is 17.5 Å². The van der Waals surface area contributed by atoms with Gasteiger partial charge in [-0.2, -0.15) is 15.0 Å². The van der Waals surface area contributed by atoms with Crippen molar-refractivity contribution in [2.75, 3.05) is 18.1 Å². The molecule has 0 saturated heterocycles. The molecule has 1 rings (SSSR count). The molecule has 1 aromatic heterocycles. The van der Waals surface area contributed by atoms with Crippen LogP contribution in [0.2, 0.25) is 5.28 Å². The Balaban J connectivity index is 2.98. The second kappa shape index (κ2) is 7.48. The summed E-state index contributed by atoms with van der Waals surface area (Å²) in [6, 6.07) is 0.589. The van der Waals surface area contributed by atoms with E-state index in [-0.39, 0.29) is 5.28 Å². The van der Waals surface area contributed by atoms with E-state index in [0.29, 0.717) is 30.5 Å². The van der Waals surface area contributed by atoms with Gasteiger partial charge in [0.25, 0.3) is 0 Å². The van der Waals surface area contributed by atoms with Gasteiger partial charge in [-0.25, -0.2) is 0 Å². The smallest absolute Gasteiger partial charge is 0.322 e. The Bertz CT molecular complexity index is 398. The van der Waals surface area contributed by atoms with Crippen LogP contribution < -0.4 is 9.64 Å². The summed E-state index contributed by atoms with van der Waals surface area (Å²) < 4.78 is 5.44. The Hall–Kier alpha value is -1.10. The lowest BCUT2D eigenvalue weighted by Gasteiger charge is -2.28. The molecule has 5 nitrogen and oxygen atoms in total. The van der Waals surface area contributed by atoms with Crippen LogP contribution in [0.15, 0.2) is 0 Å². The minimum absolute atomic E-state index is 0.172. The minimum Gasteiger partial charge on any atom is -0.463 e. The van der Waals surface area contributed by atoms with Crippen molar-refractivity contribution in [3.8, 4) is 6.01 Å². The highest BCUT2D eigenvalue weighted by molar-refractivity contribution is 6.28. The van der Waals surface area contributed by atoms with Crippen LogP contribution in [0.4, 0.5) is 5.95 Å². The monoisotopic (exact) mass is 286 g/mol. The van der Waals surface area contributed by atoms with Crippen molar-refractivity contribution in [3.05, 3.63) is 5.28 Å². The van der Waals surface area contributed by atoms with Crippen LogP contribution >= 0.6 is 11.6 Å². The van der Waals surface area contributed by atoms with Crippen LogP contribution in [0.25, 0.3) is 0 Å². The van der Waals surface area contributed by atoms with Crippen LogP contribution in [-0.2, 0) is 0 Å². The fourth-order valence-corrected chi connectivity index (χ4v) is 1.77. The standard InChI is InChI=1S/C13H23ClN4O/c1-6-7-19-13-16-11(14)15-12(17-13)18(10(4)5)8-9(2)3/h9-10H,6-8H2,1-5H3. The SMILES string of the molecule is CCCOc1nc(Cl)nc(N(CC(C)C)C(C)C)n1. The highest BCUT2D eigenvalue weighted by Gasteiger charge is 2.17. The molecule has 0 N–H and O–H groups in total. The number of hydrogen-bond acceptors (Lipinski definition) is 5. The summed E-state index contributed by atoms with van der Waals surface area (Å²) in [6.07, 6.45) is 0.901. The van der Waals surface area contributed by atoms with Crippen LogP contribution in [0.1, 0.15) is 41.0 Å². The molecule has 0 aliphatic rings. The molecule has 0 amide bonds. The first kappa shape index (κ1) is 16.0. The molecule has 19 heavy (non-hydrogen) atoms. The average molecular weight is 287 g/mol. The van der Waals surface area contributed by atoms with Gasteiger partial charge in [0, 0.05) is 12.6 Å². The number of aromatic nitrogens is 3. The van der Waals surface area contributed by atoms with Crippen molar-refractivity contribution in [2.45, 2.75) is 47.1 Å². The topological polar surface area (TPSA) is 51.1 Å². The van der Waals surface area contributed by atoms with Crippen LogP contribution in [0.5, 0.6) is 6.01 Å². The third-order valence-corrected chi connectivity index (χ3v) is 2.62. The lowest BCUT2D eigenvalue weighted by Crippen LogP contribution is -2.35. The third kappa shape index (κ3) is 5.19. The first-order valence-electron chi connectivity index (χ1n) is 6.75. The maximum Gasteiger partial charge on any atom is 0.322 e. The molecule has 0 radical (unpaired) electrons. The van der Waals surface area contributed by atoms with Crippen molar-refractivity contribution in [1.29, 1.82) is 0 Å². The summed E-state index contributed by atoms with van der Waals surface area (Å²) in [5.41, 5.74) is 0. The quantitative estimate of drug-likeness (QED) is 0.770. The summed E-state index contributed by atoms with van der Waals surface area (Å²) in [7, 11) is 0. The molecule has 108 valence electrons. The van der Waals surface area contributed by atoms with Crippen molar-refractivity contribution in [2.24, 2.45) is 5.92 Å². The molecule has 0 aliphatic heterocycles. The van der Waals surface area contributed by atoms with E-state index in [1.54, 1.807) is 0 Å². The van der Waals surface area contributed by atoms with Crippen molar-refractivity contribution in [1.82, 2.24) is 15.0 Å². The molecule has 0 fully saturated rings. The predicted molar refractivity (Wildman–Crippen MR) is 77.9 cm³/mol. The van der Waals surface area contributed by atoms with E-state index in [2.05, 4.69) is 47.5 Å². The van der Waals surface area contributed by atoms with Gasteiger partial charge in [-0.1, -0.05) is 20.8 Å². The number of rotatable bonds is 7. The van der Waals surface area contributed by atoms with Gasteiger partial charge >= 0.3 is 6.01 Å². The molecule has 0 bridgehead atoms. The number of nitrogens with zero attached hydrogens (tertiary/aromatic N) is 4. The Morgan fingerprint density at radius 3 is 2.37 bits per heavy atom. The largest absolute Gasteiger partial charge is 0.463 e. The van der Waals surface area contributed by atoms with Crippen molar-refractivity contribution in [3.63, 3.8) is 0 Å². The van der Waals surface area contributed by atoms with Crippen LogP contribution in [-0.4, -0.2) is 34.1 Å². The van der Waals surface area contributed by atoms with Crippen LogP contribution in [0, 0.1) is 5.92 Å². The van der Waals surface area contributed by atoms with Gasteiger partial charge < -0.3 is 9.64 Å². The fraction of sp³-hybridized carbons (Fsp3) is 0.769. The summed E-state index contributed by atoms with van der Waals surface area (Å²) >= 11 is 5.95. The Kier molecular flexibility index (Phi) is 6.28. The molecule has 0 aromatic carbocycles. The van der Waals surface area contributed by atoms with E-state index in [4.69, 9.17) is 16.3 Å². The lowest BCUT2D eigenvalue weighted by atomic mass is 10.2. The molecule has 1 heterocycles. The first-order valence-corrected chi connectivity index (χ1v) is 7.12. The van der Waals surface area contributed by atoms with Crippen LogP contribution in [0.3, 0.4) is 0 Å². The molecule has 0 saturated carbocycles. The summed E-state index contributed by atoms with van der Waals surface area (Å²) in [4.78, 5) is 14.6. The molecular weight excluding hydrogens is 264 g/mol. The van der Waals surface area contributed by atoms with Gasteiger partial charge in [0.15, 0.2) is 0 Å². The maximum absolute atomic E-state index is 5.95. The number of anilines is 1. The van der Waals surface area contributed by atoms with Crippen molar-refractivity contribution < 1.29 is 4.74 Å². The molecule has 0 unspecified atom stereocenters. The minimum atomic E-state index is 0.172. The van der Waals surface area contributed by atoms with E-state index >= 15 is 0 Å². The van der Waals surface area contributed by atoms with Gasteiger partial charge in [-0.15, -0.1) is 0 Å². The zero-order chi connectivity index (χ0) is 14.4. The van der Waals surface area contributed by atoms with E-state index in [9.17, 15) is 0 Å². The molecule has 1 aromatic rings. The van der Waals surface area contributed by atoms with Gasteiger partial charge in [-0.3, -0.25) is 0 Å². The highest BCUT2D eigenvalue weighted by Crippen LogP contribution is 2.18. The van der Waals surface area contributed by atoms with Gasteiger partial charge in [-0.05, 0) is 37.8 Å². The number of hydrogen-bond donors (Lipinski definition) is 0. The first-order chi connectivity index (χ1) is 8.93. The Morgan fingerprint density at radius 1 is 1.16 bits per heavy atom. The molecular formula is C13H23ClN4O. The summed E-state index contributed by atoms with van der Waals surface area (Å²) in [5, 5.41) is 0.172. The maximum atomic E-state index is 5.95. The molecule has 0 spiro atoms. The van der Waals surface area contributed by atoms with Gasteiger partial charge in [0.05, 0.1) is 6.61 Å². The molecule has 6 heteroatoms. The zero-order valence-electron chi connectivity index (χ0n) is 12.4. The number of halogens is 1. The highest BCUT2D eigenvalue weighted by atomic mass is 35.5. The van der Waals surface area contributed by atoms with E-state index in [0.717, 1.165) is 13.0 Å². The summed E-state index contributed by atoms with van der Waals surface area (Å²) in [5.74, 6) is 1.09. The van der Waals surface area contributed by atoms with E-state index < -0.39 is 0 Å². The van der Waals surface area contributed by atoms with E-state index in [1.807, 2.05) is 6.92 Å². The van der Waals surface area contributed by atoms with Gasteiger partial charge in [0.2, 0.25) is 11.2 Å². The normalized spacial score (nSPS) is 11.2. The fourth-order valence-electron chi connectivity index (χ4n) is 1.63. The number of ether oxygens (including phenoxy) is 1. The second-order valence-electron chi connectivity index (χ2n) is 5.18. The molecule has 0 aliphatic carbocycles. The molecule has 0 atom stereocenters. The van der Waals surface area contributed by atoms with E-state index in [1.165, 1.54) is 0 Å². The zero-order valence-corrected chi connectivity index (χ0v) is 13.1. The van der Waals surface area contributed by atoms with Gasteiger partial charge in [0.1, 0.15) is 0 Å². The summed E-state index contributed by atoms with van der Waals surface area (Å²) in [6.45, 7) is 12.0. The second-order valence-corrected chi connectivity index (χ2v) is 5.51. The average Bonchev–Trinajstić information content (AvgIpc) is 2.32. The Morgan fingerprint density at radius 2 is 1.84 bits per heavy atom. The predicted octanol–water partition coefficient (Wildman–Crippen LogP) is 3.18. The lowest BCUT2D eigenvalue weighted by molar-refractivity contribution is 0.291. The third-order valence-electron chi connectivity index (χ3n) is 2.45. The Labute approximate surface area is 120 Å².